The van der Waals surface area contributed by atoms with Gasteiger partial charge >= 0.3 is 0 Å². The van der Waals surface area contributed by atoms with Crippen LogP contribution < -0.4 is 0 Å². The maximum absolute atomic E-state index is 2.39. The highest BCUT2D eigenvalue weighted by molar-refractivity contribution is 4.71. The first kappa shape index (κ1) is 6.09. The van der Waals surface area contributed by atoms with Crippen LogP contribution in [0.15, 0.2) is 0 Å². The molecule has 0 aromatic rings. The molecule has 0 aliphatic carbocycles. The molecule has 1 rings (SSSR count). The molecule has 48 valence electrons. The van der Waals surface area contributed by atoms with Gasteiger partial charge < -0.3 is 11.3 Å². The molecule has 1 saturated heterocycles. The van der Waals surface area contributed by atoms with E-state index in [4.69, 9.17) is 0 Å². The second kappa shape index (κ2) is 3.08. The van der Waals surface area contributed by atoms with Gasteiger partial charge in [-0.25, -0.2) is 0 Å². The number of likely N-dealkylation sites (tertiary alicyclic amines) is 1. The zero-order valence-electron chi connectivity index (χ0n) is 5.56. The van der Waals surface area contributed by atoms with Crippen molar-refractivity contribution in [3.8, 4) is 0 Å². The zero-order chi connectivity index (χ0) is 5.82. The standard InChI is InChI=1S/C7H14N/c1-8-6-4-2-3-5-7-8/h2H,3-7H2,1H3/q-1. The average molecular weight is 112 g/mol. The van der Waals surface area contributed by atoms with Crippen molar-refractivity contribution in [2.75, 3.05) is 20.1 Å². The summed E-state index contributed by atoms with van der Waals surface area (Å²) in [7, 11) is 2.19. The lowest BCUT2D eigenvalue weighted by Gasteiger charge is -2.12. The first-order valence-electron chi connectivity index (χ1n) is 3.40. The van der Waals surface area contributed by atoms with E-state index in [1.54, 1.807) is 0 Å². The van der Waals surface area contributed by atoms with Crippen molar-refractivity contribution in [1.29, 1.82) is 0 Å². The summed E-state index contributed by atoms with van der Waals surface area (Å²) in [5.74, 6) is 0. The Bertz CT molecular complexity index is 53.4. The summed E-state index contributed by atoms with van der Waals surface area (Å²) in [5, 5.41) is 0. The van der Waals surface area contributed by atoms with E-state index >= 15 is 0 Å². The molecule has 1 aliphatic rings. The molecule has 0 radical (unpaired) electrons. The first-order chi connectivity index (χ1) is 3.89. The lowest BCUT2D eigenvalue weighted by atomic mass is 10.2. The number of hydrogen-bond acceptors (Lipinski definition) is 1. The minimum Gasteiger partial charge on any atom is -0.327 e. The van der Waals surface area contributed by atoms with Gasteiger partial charge in [-0.1, -0.05) is 6.42 Å². The summed E-state index contributed by atoms with van der Waals surface area (Å²) in [4.78, 5) is 2.39. The molecule has 1 fully saturated rings. The fourth-order valence-electron chi connectivity index (χ4n) is 1.07. The minimum absolute atomic E-state index is 1.26. The van der Waals surface area contributed by atoms with Gasteiger partial charge in [0.2, 0.25) is 0 Å². The molecule has 0 atom stereocenters. The van der Waals surface area contributed by atoms with Crippen LogP contribution in [0.2, 0.25) is 0 Å². The third kappa shape index (κ3) is 1.83. The highest BCUT2D eigenvalue weighted by Crippen LogP contribution is 2.05. The van der Waals surface area contributed by atoms with Gasteiger partial charge in [-0.05, 0) is 20.1 Å². The van der Waals surface area contributed by atoms with Gasteiger partial charge in [0, 0.05) is 0 Å². The van der Waals surface area contributed by atoms with Gasteiger partial charge in [0.1, 0.15) is 0 Å². The third-order valence-corrected chi connectivity index (χ3v) is 1.66. The molecule has 0 spiro atoms. The van der Waals surface area contributed by atoms with Crippen LogP contribution >= 0.6 is 0 Å². The number of nitrogens with zero attached hydrogens (tertiary/aromatic N) is 1. The van der Waals surface area contributed by atoms with E-state index in [0.29, 0.717) is 0 Å². The van der Waals surface area contributed by atoms with Gasteiger partial charge in [-0.15, -0.1) is 0 Å². The lowest BCUT2D eigenvalue weighted by molar-refractivity contribution is 0.351. The summed E-state index contributed by atoms with van der Waals surface area (Å²) in [6.45, 7) is 2.55. The lowest BCUT2D eigenvalue weighted by Crippen LogP contribution is -2.18. The van der Waals surface area contributed by atoms with E-state index in [0.717, 1.165) is 0 Å². The Morgan fingerprint density at radius 1 is 1.25 bits per heavy atom. The molecule has 1 heterocycles. The molecule has 0 saturated carbocycles. The average Bonchev–Trinajstić information content (AvgIpc) is 1.94. The molecular formula is C7H14N-. The van der Waals surface area contributed by atoms with E-state index in [2.05, 4.69) is 18.4 Å². The van der Waals surface area contributed by atoms with Gasteiger partial charge in [-0.2, -0.15) is 12.8 Å². The summed E-state index contributed by atoms with van der Waals surface area (Å²) in [6.07, 6.45) is 6.36. The molecule has 0 N–H and O–H groups in total. The molecule has 1 heteroatoms. The Hall–Kier alpha value is -0.0400. The maximum Gasteiger partial charge on any atom is -0.00471 e. The summed E-state index contributed by atoms with van der Waals surface area (Å²) in [5.41, 5.74) is 0. The monoisotopic (exact) mass is 112 g/mol. The van der Waals surface area contributed by atoms with Gasteiger partial charge in [0.05, 0.1) is 0 Å². The smallest absolute Gasteiger partial charge is 0.00471 e. The Kier molecular flexibility index (Phi) is 2.34. The minimum atomic E-state index is 1.26. The molecule has 0 unspecified atom stereocenters. The highest BCUT2D eigenvalue weighted by atomic mass is 15.1. The van der Waals surface area contributed by atoms with E-state index < -0.39 is 0 Å². The van der Waals surface area contributed by atoms with Crippen LogP contribution in [0.3, 0.4) is 0 Å². The van der Waals surface area contributed by atoms with Gasteiger partial charge in [-0.3, -0.25) is 0 Å². The van der Waals surface area contributed by atoms with Crippen molar-refractivity contribution in [3.63, 3.8) is 0 Å². The highest BCUT2D eigenvalue weighted by Gasteiger charge is 1.95. The molecule has 0 aromatic carbocycles. The van der Waals surface area contributed by atoms with Crippen molar-refractivity contribution in [2.24, 2.45) is 0 Å². The topological polar surface area (TPSA) is 3.24 Å². The Morgan fingerprint density at radius 2 is 2.12 bits per heavy atom. The van der Waals surface area contributed by atoms with Gasteiger partial charge in [0.25, 0.3) is 0 Å². The Balaban J connectivity index is 2.17. The molecule has 0 aromatic heterocycles. The zero-order valence-corrected chi connectivity index (χ0v) is 5.56. The van der Waals surface area contributed by atoms with Crippen molar-refractivity contribution >= 4 is 0 Å². The number of rotatable bonds is 0. The molecule has 1 aliphatic heterocycles. The van der Waals surface area contributed by atoms with Crippen LogP contribution in [0, 0.1) is 6.42 Å². The second-order valence-electron chi connectivity index (χ2n) is 2.52. The summed E-state index contributed by atoms with van der Waals surface area (Å²) < 4.78 is 0. The molecule has 1 nitrogen and oxygen atoms in total. The van der Waals surface area contributed by atoms with Crippen LogP contribution in [0.1, 0.15) is 19.3 Å². The van der Waals surface area contributed by atoms with Crippen LogP contribution in [0.5, 0.6) is 0 Å². The number of hydrogen-bond donors (Lipinski definition) is 0. The first-order valence-corrected chi connectivity index (χ1v) is 3.40. The molecule has 0 amide bonds. The Labute approximate surface area is 51.7 Å². The van der Waals surface area contributed by atoms with E-state index in [1.165, 1.54) is 32.4 Å². The normalized spacial score (nSPS) is 25.1. The van der Waals surface area contributed by atoms with Crippen LogP contribution in [-0.2, 0) is 0 Å². The fraction of sp³-hybridized carbons (Fsp3) is 0.857. The maximum atomic E-state index is 2.39. The summed E-state index contributed by atoms with van der Waals surface area (Å²) >= 11 is 0. The van der Waals surface area contributed by atoms with Crippen LogP contribution in [0.4, 0.5) is 0 Å². The van der Waals surface area contributed by atoms with Gasteiger partial charge in [0.15, 0.2) is 0 Å². The molecule has 8 heavy (non-hydrogen) atoms. The predicted molar refractivity (Wildman–Crippen MR) is 35.6 cm³/mol. The fourth-order valence-corrected chi connectivity index (χ4v) is 1.07. The van der Waals surface area contributed by atoms with Crippen molar-refractivity contribution < 1.29 is 0 Å². The SMILES string of the molecule is CN1CC[CH-]CCC1. The second-order valence-corrected chi connectivity index (χ2v) is 2.52. The van der Waals surface area contributed by atoms with E-state index in [9.17, 15) is 0 Å². The molecule has 0 bridgehead atoms. The predicted octanol–water partition coefficient (Wildman–Crippen LogP) is 1.31. The van der Waals surface area contributed by atoms with Crippen LogP contribution in [-0.4, -0.2) is 25.0 Å². The van der Waals surface area contributed by atoms with Crippen LogP contribution in [0.25, 0.3) is 0 Å². The van der Waals surface area contributed by atoms with Crippen molar-refractivity contribution in [3.05, 3.63) is 6.42 Å². The third-order valence-electron chi connectivity index (χ3n) is 1.66. The van der Waals surface area contributed by atoms with E-state index in [1.807, 2.05) is 0 Å². The largest absolute Gasteiger partial charge is 0.327 e. The van der Waals surface area contributed by atoms with Crippen molar-refractivity contribution in [1.82, 2.24) is 4.90 Å². The quantitative estimate of drug-likeness (QED) is 0.427. The summed E-state index contributed by atoms with van der Waals surface area (Å²) in [6, 6.07) is 0. The van der Waals surface area contributed by atoms with Crippen molar-refractivity contribution in [2.45, 2.75) is 19.3 Å². The molecular weight excluding hydrogens is 98.1 g/mol. The van der Waals surface area contributed by atoms with E-state index in [-0.39, 0.29) is 0 Å². The Morgan fingerprint density at radius 3 is 3.00 bits per heavy atom.